The van der Waals surface area contributed by atoms with Gasteiger partial charge >= 0.3 is 0 Å². The third-order valence-electron chi connectivity index (χ3n) is 3.90. The Morgan fingerprint density at radius 2 is 1.17 bits per heavy atom. The molecule has 134 valence electrons. The lowest BCUT2D eigenvalue weighted by atomic mass is 10.2. The van der Waals surface area contributed by atoms with E-state index in [1.54, 1.807) is 0 Å². The molecule has 0 saturated carbocycles. The standard InChI is InChI=1S/C20H33N2OP/c1-15(2)21(16(3)4)24(22(17(5)6)18(7)8)20(14-23)19-12-10-9-11-13-19/h9-13,15-18H,1-8H3. The number of hydrogen-bond acceptors (Lipinski definition) is 3. The van der Waals surface area contributed by atoms with Gasteiger partial charge in [0, 0.05) is 24.2 Å². The summed E-state index contributed by atoms with van der Waals surface area (Å²) in [5.74, 6) is 2.31. The second-order valence-corrected chi connectivity index (χ2v) is 9.19. The highest BCUT2D eigenvalue weighted by molar-refractivity contribution is 7.64. The molecule has 3 nitrogen and oxygen atoms in total. The summed E-state index contributed by atoms with van der Waals surface area (Å²) in [4.78, 5) is 12.0. The van der Waals surface area contributed by atoms with Crippen molar-refractivity contribution in [1.29, 1.82) is 0 Å². The van der Waals surface area contributed by atoms with Crippen LogP contribution in [-0.2, 0) is 4.79 Å². The van der Waals surface area contributed by atoms with E-state index in [1.807, 2.05) is 30.3 Å². The van der Waals surface area contributed by atoms with Gasteiger partial charge in [-0.05, 0) is 61.0 Å². The second kappa shape index (κ2) is 9.49. The minimum absolute atomic E-state index is 0.350. The summed E-state index contributed by atoms with van der Waals surface area (Å²) in [6, 6.07) is 11.4. The Bertz CT molecular complexity index is 512. The van der Waals surface area contributed by atoms with Crippen molar-refractivity contribution in [2.75, 3.05) is 0 Å². The molecule has 0 spiro atoms. The van der Waals surface area contributed by atoms with Crippen LogP contribution in [0.3, 0.4) is 0 Å². The number of rotatable bonds is 8. The molecule has 0 unspecified atom stereocenters. The van der Waals surface area contributed by atoms with E-state index in [0.29, 0.717) is 24.2 Å². The zero-order valence-electron chi connectivity index (χ0n) is 16.4. The molecular weight excluding hydrogens is 315 g/mol. The first-order valence-corrected chi connectivity index (χ1v) is 10.1. The molecule has 0 atom stereocenters. The van der Waals surface area contributed by atoms with E-state index in [4.69, 9.17) is 0 Å². The zero-order valence-corrected chi connectivity index (χ0v) is 17.3. The van der Waals surface area contributed by atoms with Crippen LogP contribution in [0, 0.1) is 0 Å². The van der Waals surface area contributed by atoms with Crippen LogP contribution < -0.4 is 0 Å². The number of nitrogens with zero attached hydrogens (tertiary/aromatic N) is 2. The van der Waals surface area contributed by atoms with Gasteiger partial charge in [-0.15, -0.1) is 0 Å². The fourth-order valence-electron chi connectivity index (χ4n) is 3.23. The molecule has 1 rings (SSSR count). The van der Waals surface area contributed by atoms with Crippen molar-refractivity contribution in [3.05, 3.63) is 35.9 Å². The average molecular weight is 348 g/mol. The highest BCUT2D eigenvalue weighted by Crippen LogP contribution is 2.58. The smallest absolute Gasteiger partial charge is 0.136 e. The van der Waals surface area contributed by atoms with Gasteiger partial charge in [-0.25, -0.2) is 4.79 Å². The lowest BCUT2D eigenvalue weighted by Gasteiger charge is -2.47. The fraction of sp³-hybridized carbons (Fsp3) is 0.600. The average Bonchev–Trinajstić information content (AvgIpc) is 2.47. The van der Waals surface area contributed by atoms with Gasteiger partial charge in [0.25, 0.3) is 0 Å². The number of benzene rings is 1. The molecular formula is C20H33N2OP. The molecule has 0 amide bonds. The van der Waals surface area contributed by atoms with Gasteiger partial charge in [-0.3, -0.25) is 9.34 Å². The summed E-state index contributed by atoms with van der Waals surface area (Å²) in [6.07, 6.45) is 0. The Labute approximate surface area is 149 Å². The van der Waals surface area contributed by atoms with Crippen LogP contribution in [0.5, 0.6) is 0 Å². The lowest BCUT2D eigenvalue weighted by Crippen LogP contribution is -2.43. The van der Waals surface area contributed by atoms with Gasteiger partial charge < -0.3 is 0 Å². The molecule has 0 N–H and O–H groups in total. The maximum Gasteiger partial charge on any atom is 0.136 e. The van der Waals surface area contributed by atoms with Gasteiger partial charge in [0.15, 0.2) is 0 Å². The molecule has 0 aliphatic rings. The van der Waals surface area contributed by atoms with Crippen molar-refractivity contribution in [3.63, 3.8) is 0 Å². The molecule has 1 aromatic rings. The Morgan fingerprint density at radius 1 is 0.792 bits per heavy atom. The van der Waals surface area contributed by atoms with E-state index >= 15 is 0 Å². The SMILES string of the molecule is CC(C)N(C(C)C)P(C(=C=O)c1ccccc1)N(C(C)C)C(C)C. The topological polar surface area (TPSA) is 23.6 Å². The van der Waals surface area contributed by atoms with E-state index in [1.165, 1.54) is 0 Å². The van der Waals surface area contributed by atoms with Gasteiger partial charge in [0.2, 0.25) is 0 Å². The van der Waals surface area contributed by atoms with Crippen molar-refractivity contribution in [3.8, 4) is 0 Å². The first kappa shape index (κ1) is 21.1. The maximum absolute atomic E-state index is 12.0. The largest absolute Gasteiger partial charge is 0.261 e. The third kappa shape index (κ3) is 5.01. The van der Waals surface area contributed by atoms with Gasteiger partial charge in [0.05, 0.1) is 13.5 Å². The molecule has 24 heavy (non-hydrogen) atoms. The van der Waals surface area contributed by atoms with E-state index in [9.17, 15) is 4.79 Å². The van der Waals surface area contributed by atoms with Gasteiger partial charge in [0.1, 0.15) is 5.94 Å². The fourth-order valence-corrected chi connectivity index (χ4v) is 6.14. The van der Waals surface area contributed by atoms with Crippen LogP contribution in [-0.4, -0.2) is 39.4 Å². The highest BCUT2D eigenvalue weighted by atomic mass is 31.1. The van der Waals surface area contributed by atoms with Crippen LogP contribution >= 0.6 is 8.22 Å². The molecule has 0 saturated heterocycles. The van der Waals surface area contributed by atoms with E-state index < -0.39 is 8.22 Å². The third-order valence-corrected chi connectivity index (χ3v) is 7.37. The molecule has 0 bridgehead atoms. The molecule has 0 aliphatic carbocycles. The Kier molecular flexibility index (Phi) is 8.33. The lowest BCUT2D eigenvalue weighted by molar-refractivity contribution is 0.261. The van der Waals surface area contributed by atoms with Crippen molar-refractivity contribution >= 4 is 19.5 Å². The van der Waals surface area contributed by atoms with E-state index in [-0.39, 0.29) is 0 Å². The summed E-state index contributed by atoms with van der Waals surface area (Å²) in [7, 11) is -0.925. The first-order valence-electron chi connectivity index (χ1n) is 8.89. The van der Waals surface area contributed by atoms with Crippen molar-refractivity contribution in [1.82, 2.24) is 9.34 Å². The van der Waals surface area contributed by atoms with Gasteiger partial charge in [-0.2, -0.15) is 0 Å². The molecule has 1 aromatic carbocycles. The molecule has 4 heteroatoms. The second-order valence-electron chi connectivity index (χ2n) is 7.24. The van der Waals surface area contributed by atoms with Crippen LogP contribution in [0.2, 0.25) is 0 Å². The van der Waals surface area contributed by atoms with Crippen LogP contribution in [0.15, 0.2) is 30.3 Å². The summed E-state index contributed by atoms with van der Waals surface area (Å²) in [5.41, 5.74) is 0.983. The van der Waals surface area contributed by atoms with Crippen molar-refractivity contribution in [2.24, 2.45) is 0 Å². The molecule has 0 fully saturated rings. The summed E-state index contributed by atoms with van der Waals surface area (Å²) >= 11 is 0. The molecule has 0 aromatic heterocycles. The first-order chi connectivity index (χ1) is 11.2. The zero-order chi connectivity index (χ0) is 18.4. The minimum Gasteiger partial charge on any atom is -0.261 e. The predicted octanol–water partition coefficient (Wildman–Crippen LogP) is 5.41. The Balaban J connectivity index is 3.54. The van der Waals surface area contributed by atoms with Crippen LogP contribution in [0.4, 0.5) is 0 Å². The predicted molar refractivity (Wildman–Crippen MR) is 107 cm³/mol. The summed E-state index contributed by atoms with van der Waals surface area (Å²) in [5, 5.41) is 0.787. The van der Waals surface area contributed by atoms with Crippen molar-refractivity contribution in [2.45, 2.75) is 79.6 Å². The Morgan fingerprint density at radius 3 is 1.46 bits per heavy atom. The van der Waals surface area contributed by atoms with Crippen LogP contribution in [0.25, 0.3) is 5.31 Å². The summed E-state index contributed by atoms with van der Waals surface area (Å²) < 4.78 is 4.95. The number of carbonyl (C=O) groups excluding carboxylic acids is 1. The maximum atomic E-state index is 12.0. The summed E-state index contributed by atoms with van der Waals surface area (Å²) in [6.45, 7) is 17.7. The molecule has 0 aliphatic heterocycles. The van der Waals surface area contributed by atoms with Crippen LogP contribution in [0.1, 0.15) is 61.0 Å². The highest BCUT2D eigenvalue weighted by Gasteiger charge is 2.36. The van der Waals surface area contributed by atoms with Gasteiger partial charge in [-0.1, -0.05) is 30.3 Å². The molecule has 0 heterocycles. The monoisotopic (exact) mass is 348 g/mol. The quantitative estimate of drug-likeness (QED) is 0.464. The Hall–Kier alpha value is -0.980. The minimum atomic E-state index is -0.925. The van der Waals surface area contributed by atoms with Crippen molar-refractivity contribution < 1.29 is 4.79 Å². The normalized spacial score (nSPS) is 12.3. The molecule has 0 radical (unpaired) electrons. The van der Waals surface area contributed by atoms with E-state index in [0.717, 1.165) is 10.9 Å². The van der Waals surface area contributed by atoms with E-state index in [2.05, 4.69) is 70.7 Å². The number of hydrogen-bond donors (Lipinski definition) is 0.